The van der Waals surface area contributed by atoms with Gasteiger partial charge in [-0.15, -0.1) is 0 Å². The number of nitrogens with one attached hydrogen (secondary N) is 1. The van der Waals surface area contributed by atoms with Crippen LogP contribution in [0.15, 0.2) is 24.3 Å². The fourth-order valence-corrected chi connectivity index (χ4v) is 1.66. The Morgan fingerprint density at radius 2 is 1.67 bits per heavy atom. The molecule has 0 fully saturated rings. The van der Waals surface area contributed by atoms with E-state index in [2.05, 4.69) is 5.32 Å². The molecule has 0 saturated heterocycles. The highest BCUT2D eigenvalue weighted by Crippen LogP contribution is 2.17. The molecule has 0 aliphatic carbocycles. The highest BCUT2D eigenvalue weighted by atomic mass is 19.4. The summed E-state index contributed by atoms with van der Waals surface area (Å²) in [4.78, 5) is 31.3. The van der Waals surface area contributed by atoms with E-state index in [1.165, 1.54) is 6.07 Å². The molecule has 11 heteroatoms. The van der Waals surface area contributed by atoms with Gasteiger partial charge in [0.2, 0.25) is 5.91 Å². The van der Waals surface area contributed by atoms with Gasteiger partial charge < -0.3 is 26.0 Å². The van der Waals surface area contributed by atoms with Crippen LogP contribution in [0.1, 0.15) is 36.0 Å². The second-order valence-electron chi connectivity index (χ2n) is 5.09. The number of aromatic carboxylic acids is 1. The van der Waals surface area contributed by atoms with Crippen LogP contribution in [0, 0.1) is 0 Å². The number of carbonyl (C=O) groups is 3. The first kappa shape index (κ1) is 24.2. The number of aliphatic carboxylic acids is 1. The average Bonchev–Trinajstić information content (AvgIpc) is 2.59. The lowest BCUT2D eigenvalue weighted by Crippen LogP contribution is -2.27. The van der Waals surface area contributed by atoms with Crippen molar-refractivity contribution >= 4 is 17.8 Å². The molecule has 152 valence electrons. The van der Waals surface area contributed by atoms with Crippen LogP contribution in [0.5, 0.6) is 5.75 Å². The number of carbonyl (C=O) groups excluding carboxylic acids is 1. The molecule has 0 aromatic heterocycles. The number of amides is 1. The summed E-state index contributed by atoms with van der Waals surface area (Å²) in [5, 5.41) is 18.7. The molecule has 1 aromatic rings. The number of hydrogen-bond donors (Lipinski definition) is 4. The first-order chi connectivity index (χ1) is 12.6. The maximum Gasteiger partial charge on any atom is 0.490 e. The van der Waals surface area contributed by atoms with E-state index in [0.717, 1.165) is 19.3 Å². The van der Waals surface area contributed by atoms with Gasteiger partial charge >= 0.3 is 18.1 Å². The van der Waals surface area contributed by atoms with Crippen molar-refractivity contribution < 1.29 is 42.5 Å². The number of carboxylic acid groups (broad SMARTS) is 2. The van der Waals surface area contributed by atoms with Gasteiger partial charge in [0, 0.05) is 6.42 Å². The van der Waals surface area contributed by atoms with Gasteiger partial charge in [0.05, 0.1) is 0 Å². The number of benzene rings is 1. The van der Waals surface area contributed by atoms with Crippen LogP contribution < -0.4 is 15.8 Å². The summed E-state index contributed by atoms with van der Waals surface area (Å²) < 4.78 is 37.0. The number of carboxylic acids is 2. The van der Waals surface area contributed by atoms with E-state index >= 15 is 0 Å². The van der Waals surface area contributed by atoms with E-state index in [9.17, 15) is 22.8 Å². The highest BCUT2D eigenvalue weighted by Gasteiger charge is 2.38. The average molecular weight is 394 g/mol. The van der Waals surface area contributed by atoms with Gasteiger partial charge in [-0.1, -0.05) is 18.6 Å². The first-order valence-corrected chi connectivity index (χ1v) is 7.81. The lowest BCUT2D eigenvalue weighted by Gasteiger charge is -2.10. The van der Waals surface area contributed by atoms with E-state index in [1.807, 2.05) is 0 Å². The second-order valence-corrected chi connectivity index (χ2v) is 5.09. The molecular weight excluding hydrogens is 373 g/mol. The summed E-state index contributed by atoms with van der Waals surface area (Å²) in [6.07, 6.45) is -2.04. The molecule has 8 nitrogen and oxygen atoms in total. The number of alkyl halides is 3. The Hall–Kier alpha value is -2.82. The van der Waals surface area contributed by atoms with Crippen molar-refractivity contribution in [3.05, 3.63) is 29.8 Å². The predicted octanol–water partition coefficient (Wildman–Crippen LogP) is 1.99. The van der Waals surface area contributed by atoms with Gasteiger partial charge in [-0.3, -0.25) is 4.79 Å². The standard InChI is InChI=1S/C14H20N2O4.C2HF3O2/c15-9-5-1-2-8-13(17)16-10-20-12-7-4-3-6-11(12)14(18)19;3-2(4,5)1(6)7/h3-4,6-7H,1-2,5,8-10,15H2,(H,16,17)(H,18,19);(H,6,7). The van der Waals surface area contributed by atoms with Crippen molar-refractivity contribution in [2.24, 2.45) is 5.73 Å². The van der Waals surface area contributed by atoms with Gasteiger partial charge in [-0.25, -0.2) is 9.59 Å². The Balaban J connectivity index is 0.000000821. The summed E-state index contributed by atoms with van der Waals surface area (Å²) in [5.41, 5.74) is 5.43. The van der Waals surface area contributed by atoms with Crippen LogP contribution in [0.3, 0.4) is 0 Å². The monoisotopic (exact) mass is 394 g/mol. The molecule has 0 aliphatic heterocycles. The third-order valence-electron chi connectivity index (χ3n) is 2.96. The number of nitrogens with two attached hydrogens (primary N) is 1. The molecule has 0 atom stereocenters. The molecule has 0 spiro atoms. The number of hydrogen-bond acceptors (Lipinski definition) is 5. The first-order valence-electron chi connectivity index (χ1n) is 7.81. The summed E-state index contributed by atoms with van der Waals surface area (Å²) in [7, 11) is 0. The maximum absolute atomic E-state index is 11.5. The molecule has 0 heterocycles. The molecule has 1 rings (SSSR count). The van der Waals surface area contributed by atoms with Crippen LogP contribution in [-0.2, 0) is 9.59 Å². The molecule has 0 saturated carbocycles. The minimum atomic E-state index is -5.08. The van der Waals surface area contributed by atoms with Crippen molar-refractivity contribution in [3.63, 3.8) is 0 Å². The Morgan fingerprint density at radius 3 is 2.19 bits per heavy atom. The number of unbranched alkanes of at least 4 members (excludes halogenated alkanes) is 2. The van der Waals surface area contributed by atoms with Crippen molar-refractivity contribution in [2.75, 3.05) is 13.3 Å². The predicted molar refractivity (Wildman–Crippen MR) is 88.3 cm³/mol. The summed E-state index contributed by atoms with van der Waals surface area (Å²) >= 11 is 0. The van der Waals surface area contributed by atoms with Gasteiger partial charge in [0.1, 0.15) is 11.3 Å². The Kier molecular flexibility index (Phi) is 11.2. The van der Waals surface area contributed by atoms with Gasteiger partial charge in [-0.05, 0) is 31.5 Å². The fraction of sp³-hybridized carbons (Fsp3) is 0.438. The van der Waals surface area contributed by atoms with Gasteiger partial charge in [-0.2, -0.15) is 13.2 Å². The quantitative estimate of drug-likeness (QED) is 0.371. The van der Waals surface area contributed by atoms with Crippen LogP contribution >= 0.6 is 0 Å². The van der Waals surface area contributed by atoms with Crippen LogP contribution in [0.2, 0.25) is 0 Å². The van der Waals surface area contributed by atoms with Crippen LogP contribution in [0.25, 0.3) is 0 Å². The lowest BCUT2D eigenvalue weighted by molar-refractivity contribution is -0.192. The Labute approximate surface area is 153 Å². The van der Waals surface area contributed by atoms with E-state index in [4.69, 9.17) is 25.5 Å². The molecule has 0 bridgehead atoms. The molecule has 1 aromatic carbocycles. The van der Waals surface area contributed by atoms with Crippen molar-refractivity contribution in [1.29, 1.82) is 0 Å². The zero-order valence-corrected chi connectivity index (χ0v) is 14.3. The third kappa shape index (κ3) is 11.4. The molecule has 0 aliphatic rings. The van der Waals surface area contributed by atoms with Crippen LogP contribution in [0.4, 0.5) is 13.2 Å². The summed E-state index contributed by atoms with van der Waals surface area (Å²) in [6.45, 7) is 0.594. The van der Waals surface area contributed by atoms with E-state index < -0.39 is 18.1 Å². The minimum Gasteiger partial charge on any atom is -0.478 e. The van der Waals surface area contributed by atoms with Crippen molar-refractivity contribution in [2.45, 2.75) is 31.9 Å². The molecule has 27 heavy (non-hydrogen) atoms. The molecular formula is C16H21F3N2O6. The van der Waals surface area contributed by atoms with E-state index in [-0.39, 0.29) is 24.0 Å². The molecule has 0 radical (unpaired) electrons. The van der Waals surface area contributed by atoms with Gasteiger partial charge in [0.15, 0.2) is 6.73 Å². The number of rotatable bonds is 9. The second kappa shape index (κ2) is 12.5. The van der Waals surface area contributed by atoms with Gasteiger partial charge in [0.25, 0.3) is 0 Å². The fourth-order valence-electron chi connectivity index (χ4n) is 1.66. The number of para-hydroxylation sites is 1. The minimum absolute atomic E-state index is 0.0417. The Morgan fingerprint density at radius 1 is 1.07 bits per heavy atom. The zero-order valence-electron chi connectivity index (χ0n) is 14.3. The van der Waals surface area contributed by atoms with E-state index in [1.54, 1.807) is 18.2 Å². The third-order valence-corrected chi connectivity index (χ3v) is 2.96. The van der Waals surface area contributed by atoms with Crippen molar-refractivity contribution in [3.8, 4) is 5.75 Å². The molecule has 5 N–H and O–H groups in total. The highest BCUT2D eigenvalue weighted by molar-refractivity contribution is 5.90. The summed E-state index contributed by atoms with van der Waals surface area (Å²) in [5.74, 6) is -3.69. The zero-order chi connectivity index (χ0) is 20.9. The van der Waals surface area contributed by atoms with Crippen LogP contribution in [-0.4, -0.2) is 47.5 Å². The van der Waals surface area contributed by atoms with Crippen molar-refractivity contribution in [1.82, 2.24) is 5.32 Å². The molecule has 1 amide bonds. The molecule has 0 unspecified atom stereocenters. The normalized spacial score (nSPS) is 10.4. The van der Waals surface area contributed by atoms with E-state index in [0.29, 0.717) is 13.0 Å². The smallest absolute Gasteiger partial charge is 0.478 e. The number of ether oxygens (including phenoxy) is 1. The number of halogens is 3. The Bertz CT molecular complexity index is 622. The topological polar surface area (TPSA) is 139 Å². The summed E-state index contributed by atoms with van der Waals surface area (Å²) in [6, 6.07) is 6.30. The SMILES string of the molecule is NCCCCCC(=O)NCOc1ccccc1C(=O)O.O=C(O)C(F)(F)F. The largest absolute Gasteiger partial charge is 0.490 e. The maximum atomic E-state index is 11.5. The lowest BCUT2D eigenvalue weighted by atomic mass is 10.2.